The molecular weight excluding hydrogens is 250 g/mol. The van der Waals surface area contributed by atoms with Gasteiger partial charge in [0.15, 0.2) is 0 Å². The van der Waals surface area contributed by atoms with Gasteiger partial charge in [-0.15, -0.1) is 0 Å². The minimum absolute atomic E-state index is 0.201. The lowest BCUT2D eigenvalue weighted by atomic mass is 10.1. The molecule has 0 aliphatic carbocycles. The van der Waals surface area contributed by atoms with Crippen molar-refractivity contribution in [3.05, 3.63) is 59.2 Å². The van der Waals surface area contributed by atoms with E-state index in [4.69, 9.17) is 5.73 Å². The molecular formula is C14H12F2N2O. The highest BCUT2D eigenvalue weighted by molar-refractivity contribution is 6.06. The predicted octanol–water partition coefficient (Wildman–Crippen LogP) is 3.11. The lowest BCUT2D eigenvalue weighted by Crippen LogP contribution is -2.15. The summed E-state index contributed by atoms with van der Waals surface area (Å²) in [5.41, 5.74) is 6.41. The monoisotopic (exact) mass is 262 g/mol. The van der Waals surface area contributed by atoms with Gasteiger partial charge in [0.05, 0.1) is 16.9 Å². The smallest absolute Gasteiger partial charge is 0.258 e. The lowest BCUT2D eigenvalue weighted by molar-refractivity contribution is 0.102. The summed E-state index contributed by atoms with van der Waals surface area (Å²) in [4.78, 5) is 11.9. The Labute approximate surface area is 109 Å². The van der Waals surface area contributed by atoms with E-state index in [-0.39, 0.29) is 11.1 Å². The first-order valence-electron chi connectivity index (χ1n) is 5.60. The number of benzene rings is 2. The highest BCUT2D eigenvalue weighted by Gasteiger charge is 2.15. The van der Waals surface area contributed by atoms with Crippen molar-refractivity contribution in [1.82, 2.24) is 0 Å². The molecule has 2 aromatic carbocycles. The summed E-state index contributed by atoms with van der Waals surface area (Å²) in [6.07, 6.45) is 0. The number of nitrogens with two attached hydrogens (primary N) is 1. The van der Waals surface area contributed by atoms with E-state index in [0.29, 0.717) is 17.4 Å². The van der Waals surface area contributed by atoms with Crippen molar-refractivity contribution >= 4 is 17.3 Å². The number of aryl methyl sites for hydroxylation is 1. The van der Waals surface area contributed by atoms with E-state index >= 15 is 0 Å². The molecule has 1 amide bonds. The number of amides is 1. The third-order valence-corrected chi connectivity index (χ3v) is 2.70. The maximum Gasteiger partial charge on any atom is 0.258 e. The van der Waals surface area contributed by atoms with Crippen LogP contribution in [-0.2, 0) is 0 Å². The van der Waals surface area contributed by atoms with Crippen molar-refractivity contribution in [1.29, 1.82) is 0 Å². The zero-order valence-electron chi connectivity index (χ0n) is 10.2. The topological polar surface area (TPSA) is 55.1 Å². The van der Waals surface area contributed by atoms with E-state index in [1.54, 1.807) is 24.3 Å². The fraction of sp³-hybridized carbons (Fsp3) is 0.0714. The van der Waals surface area contributed by atoms with Crippen LogP contribution < -0.4 is 11.1 Å². The van der Waals surface area contributed by atoms with Crippen molar-refractivity contribution < 1.29 is 13.6 Å². The van der Waals surface area contributed by atoms with Crippen molar-refractivity contribution in [2.24, 2.45) is 0 Å². The SMILES string of the molecule is Cc1cc(C(=O)Nc2ccccc2N)c(F)cc1F. The van der Waals surface area contributed by atoms with Gasteiger partial charge in [-0.1, -0.05) is 12.1 Å². The molecule has 0 fully saturated rings. The molecule has 0 atom stereocenters. The summed E-state index contributed by atoms with van der Waals surface area (Å²) < 4.78 is 26.7. The number of nitrogens with one attached hydrogen (secondary N) is 1. The van der Waals surface area contributed by atoms with Crippen molar-refractivity contribution in [3.8, 4) is 0 Å². The van der Waals surface area contributed by atoms with Gasteiger partial charge < -0.3 is 11.1 Å². The fourth-order valence-corrected chi connectivity index (χ4v) is 1.63. The number of anilines is 2. The van der Waals surface area contributed by atoms with E-state index in [9.17, 15) is 13.6 Å². The predicted molar refractivity (Wildman–Crippen MR) is 69.9 cm³/mol. The van der Waals surface area contributed by atoms with Gasteiger partial charge in [0.1, 0.15) is 11.6 Å². The second kappa shape index (κ2) is 5.06. The molecule has 0 aliphatic heterocycles. The molecule has 0 saturated carbocycles. The van der Waals surface area contributed by atoms with Gasteiger partial charge in [-0.05, 0) is 30.7 Å². The first-order valence-corrected chi connectivity index (χ1v) is 5.60. The van der Waals surface area contributed by atoms with E-state index in [2.05, 4.69) is 5.32 Å². The Hall–Kier alpha value is -2.43. The molecule has 98 valence electrons. The second-order valence-corrected chi connectivity index (χ2v) is 4.12. The molecule has 19 heavy (non-hydrogen) atoms. The largest absolute Gasteiger partial charge is 0.397 e. The average molecular weight is 262 g/mol. The Bertz CT molecular complexity index is 641. The van der Waals surface area contributed by atoms with Gasteiger partial charge in [0.25, 0.3) is 5.91 Å². The van der Waals surface area contributed by atoms with E-state index in [0.717, 1.165) is 0 Å². The molecule has 0 heterocycles. The number of nitrogen functional groups attached to an aromatic ring is 1. The van der Waals surface area contributed by atoms with E-state index < -0.39 is 17.5 Å². The lowest BCUT2D eigenvalue weighted by Gasteiger charge is -2.09. The highest BCUT2D eigenvalue weighted by atomic mass is 19.1. The number of carbonyl (C=O) groups is 1. The van der Waals surface area contributed by atoms with Gasteiger partial charge in [-0.25, -0.2) is 8.78 Å². The van der Waals surface area contributed by atoms with Crippen molar-refractivity contribution in [2.75, 3.05) is 11.1 Å². The number of hydrogen-bond donors (Lipinski definition) is 2. The molecule has 0 spiro atoms. The highest BCUT2D eigenvalue weighted by Crippen LogP contribution is 2.20. The van der Waals surface area contributed by atoms with E-state index in [1.807, 2.05) is 0 Å². The second-order valence-electron chi connectivity index (χ2n) is 4.12. The molecule has 0 bridgehead atoms. The van der Waals surface area contributed by atoms with Gasteiger partial charge in [0, 0.05) is 6.07 Å². The standard InChI is InChI=1S/C14H12F2N2O/c1-8-6-9(11(16)7-10(8)15)14(19)18-13-5-3-2-4-12(13)17/h2-7H,17H2,1H3,(H,18,19). The van der Waals surface area contributed by atoms with Crippen LogP contribution in [-0.4, -0.2) is 5.91 Å². The summed E-state index contributed by atoms with van der Waals surface area (Å²) in [5.74, 6) is -2.26. The minimum atomic E-state index is -0.907. The molecule has 3 N–H and O–H groups in total. The summed E-state index contributed by atoms with van der Waals surface area (Å²) in [6.45, 7) is 1.46. The molecule has 0 saturated heterocycles. The molecule has 0 aromatic heterocycles. The molecule has 2 rings (SSSR count). The normalized spacial score (nSPS) is 10.3. The summed E-state index contributed by atoms with van der Waals surface area (Å²) in [6, 6.07) is 8.48. The first kappa shape index (κ1) is 13.0. The third-order valence-electron chi connectivity index (χ3n) is 2.70. The van der Waals surface area contributed by atoms with E-state index in [1.165, 1.54) is 13.0 Å². The Morgan fingerprint density at radius 3 is 2.53 bits per heavy atom. The average Bonchev–Trinajstić information content (AvgIpc) is 2.36. The van der Waals surface area contributed by atoms with Crippen LogP contribution in [0.5, 0.6) is 0 Å². The van der Waals surface area contributed by atoms with Gasteiger partial charge in [-0.2, -0.15) is 0 Å². The number of hydrogen-bond acceptors (Lipinski definition) is 2. The summed E-state index contributed by atoms with van der Waals surface area (Å²) >= 11 is 0. The van der Waals surface area contributed by atoms with Crippen LogP contribution in [0.4, 0.5) is 20.2 Å². The van der Waals surface area contributed by atoms with Gasteiger partial charge in [0.2, 0.25) is 0 Å². The fourth-order valence-electron chi connectivity index (χ4n) is 1.63. The van der Waals surface area contributed by atoms with Crippen LogP contribution in [0.25, 0.3) is 0 Å². The van der Waals surface area contributed by atoms with Crippen LogP contribution in [0.2, 0.25) is 0 Å². The third kappa shape index (κ3) is 2.70. The Kier molecular flexibility index (Phi) is 3.46. The van der Waals surface area contributed by atoms with Crippen LogP contribution in [0.1, 0.15) is 15.9 Å². The van der Waals surface area contributed by atoms with Crippen LogP contribution in [0.15, 0.2) is 36.4 Å². The minimum Gasteiger partial charge on any atom is -0.397 e. The number of carbonyl (C=O) groups excluding carboxylic acids is 1. The van der Waals surface area contributed by atoms with Crippen molar-refractivity contribution in [2.45, 2.75) is 6.92 Å². The molecule has 5 heteroatoms. The maximum absolute atomic E-state index is 13.6. The quantitative estimate of drug-likeness (QED) is 0.817. The number of para-hydroxylation sites is 2. The Morgan fingerprint density at radius 2 is 1.84 bits per heavy atom. The van der Waals surface area contributed by atoms with Crippen LogP contribution in [0.3, 0.4) is 0 Å². The molecule has 0 unspecified atom stereocenters. The summed E-state index contributed by atoms with van der Waals surface area (Å²) in [5, 5.41) is 2.49. The zero-order valence-corrected chi connectivity index (χ0v) is 10.2. The number of halogens is 2. The summed E-state index contributed by atoms with van der Waals surface area (Å²) in [7, 11) is 0. The van der Waals surface area contributed by atoms with Crippen molar-refractivity contribution in [3.63, 3.8) is 0 Å². The maximum atomic E-state index is 13.6. The Balaban J connectivity index is 2.31. The molecule has 2 aromatic rings. The van der Waals surface area contributed by atoms with Crippen LogP contribution >= 0.6 is 0 Å². The zero-order chi connectivity index (χ0) is 14.0. The number of rotatable bonds is 2. The molecule has 0 radical (unpaired) electrons. The molecule has 3 nitrogen and oxygen atoms in total. The first-order chi connectivity index (χ1) is 8.99. The molecule has 0 aliphatic rings. The van der Waals surface area contributed by atoms with Gasteiger partial charge >= 0.3 is 0 Å². The Morgan fingerprint density at radius 1 is 1.16 bits per heavy atom. The van der Waals surface area contributed by atoms with Crippen LogP contribution in [0, 0.1) is 18.6 Å². The van der Waals surface area contributed by atoms with Gasteiger partial charge in [-0.3, -0.25) is 4.79 Å².